The Morgan fingerprint density at radius 2 is 2.05 bits per heavy atom. The van der Waals surface area contributed by atoms with Gasteiger partial charge in [0, 0.05) is 51.3 Å². The summed E-state index contributed by atoms with van der Waals surface area (Å²) in [5.41, 5.74) is -0.0266. The zero-order valence-corrected chi connectivity index (χ0v) is 11.8. The highest BCUT2D eigenvalue weighted by Crippen LogP contribution is 2.38. The molecular formula is C15H21N3O2. The summed E-state index contributed by atoms with van der Waals surface area (Å²) in [6.07, 6.45) is 6.37. The molecule has 0 unspecified atom stereocenters. The molecule has 1 saturated carbocycles. The van der Waals surface area contributed by atoms with Crippen molar-refractivity contribution >= 4 is 5.82 Å². The van der Waals surface area contributed by atoms with Crippen LogP contribution in [0.4, 0.5) is 5.82 Å². The molecule has 0 bridgehead atoms. The fraction of sp³-hybridized carbons (Fsp3) is 0.733. The maximum Gasteiger partial charge on any atom is 0.133 e. The van der Waals surface area contributed by atoms with Gasteiger partial charge in [0.1, 0.15) is 11.6 Å². The molecule has 1 aromatic rings. The molecule has 3 heterocycles. The monoisotopic (exact) mass is 275 g/mol. The highest BCUT2D eigenvalue weighted by molar-refractivity contribution is 5.39. The molecule has 1 aromatic heterocycles. The van der Waals surface area contributed by atoms with Gasteiger partial charge in [0.05, 0.1) is 12.2 Å². The van der Waals surface area contributed by atoms with Crippen LogP contribution in [-0.4, -0.2) is 48.5 Å². The quantitative estimate of drug-likeness (QED) is 0.823. The Hall–Kier alpha value is -1.20. The molecule has 0 atom stereocenters. The zero-order valence-electron chi connectivity index (χ0n) is 11.8. The lowest BCUT2D eigenvalue weighted by molar-refractivity contribution is -0.116. The van der Waals surface area contributed by atoms with Crippen LogP contribution in [0.2, 0.25) is 0 Å². The molecule has 2 aliphatic heterocycles. The number of hydrogen-bond acceptors (Lipinski definition) is 5. The van der Waals surface area contributed by atoms with E-state index < -0.39 is 0 Å². The van der Waals surface area contributed by atoms with E-state index in [-0.39, 0.29) is 5.60 Å². The van der Waals surface area contributed by atoms with Crippen molar-refractivity contribution in [2.75, 3.05) is 37.8 Å². The minimum Gasteiger partial charge on any atom is -0.381 e. The van der Waals surface area contributed by atoms with Crippen LogP contribution in [0.25, 0.3) is 0 Å². The molecule has 2 saturated heterocycles. The summed E-state index contributed by atoms with van der Waals surface area (Å²) in [5, 5.41) is 0. The largest absolute Gasteiger partial charge is 0.381 e. The first-order chi connectivity index (χ1) is 9.85. The van der Waals surface area contributed by atoms with Crippen LogP contribution in [0.3, 0.4) is 0 Å². The Balaban J connectivity index is 1.53. The first-order valence-electron chi connectivity index (χ1n) is 7.64. The van der Waals surface area contributed by atoms with Crippen LogP contribution in [0, 0.1) is 0 Å². The number of ether oxygens (including phenoxy) is 2. The van der Waals surface area contributed by atoms with E-state index in [4.69, 9.17) is 14.5 Å². The lowest BCUT2D eigenvalue weighted by Gasteiger charge is -2.45. The molecule has 5 nitrogen and oxygen atoms in total. The van der Waals surface area contributed by atoms with Crippen LogP contribution >= 0.6 is 0 Å². The molecule has 1 spiro atoms. The summed E-state index contributed by atoms with van der Waals surface area (Å²) < 4.78 is 11.6. The summed E-state index contributed by atoms with van der Waals surface area (Å²) in [5.74, 6) is 2.69. The van der Waals surface area contributed by atoms with Gasteiger partial charge >= 0.3 is 0 Å². The first-order valence-corrected chi connectivity index (χ1v) is 7.64. The minimum absolute atomic E-state index is 0.0266. The maximum atomic E-state index is 6.08. The Bertz CT molecular complexity index is 478. The van der Waals surface area contributed by atoms with E-state index in [1.165, 1.54) is 12.8 Å². The third-order valence-electron chi connectivity index (χ3n) is 4.58. The normalized spacial score (nSPS) is 25.9. The van der Waals surface area contributed by atoms with E-state index in [0.29, 0.717) is 5.92 Å². The molecule has 20 heavy (non-hydrogen) atoms. The van der Waals surface area contributed by atoms with E-state index in [0.717, 1.165) is 57.4 Å². The highest BCUT2D eigenvalue weighted by atomic mass is 16.5. The number of morpholine rings is 1. The number of rotatable bonds is 2. The first kappa shape index (κ1) is 12.5. The van der Waals surface area contributed by atoms with Gasteiger partial charge in [-0.05, 0) is 18.9 Å². The Kier molecular flexibility index (Phi) is 3.11. The minimum atomic E-state index is -0.0266. The van der Waals surface area contributed by atoms with Crippen LogP contribution in [-0.2, 0) is 9.47 Å². The average molecular weight is 275 g/mol. The van der Waals surface area contributed by atoms with Crippen molar-refractivity contribution < 1.29 is 9.47 Å². The van der Waals surface area contributed by atoms with E-state index in [1.807, 2.05) is 12.3 Å². The van der Waals surface area contributed by atoms with Crippen molar-refractivity contribution in [2.45, 2.75) is 37.2 Å². The zero-order chi connectivity index (χ0) is 13.4. The molecule has 0 aromatic carbocycles. The summed E-state index contributed by atoms with van der Waals surface area (Å²) in [6.45, 7) is 4.25. The molecule has 0 N–H and O–H groups in total. The standard InChI is InChI=1S/C15H21N3O2/c1-2-12(1)14-16-6-3-13(17-14)18-7-10-20-15(11-18)4-8-19-9-5-15/h3,6,12H,1-2,4-5,7-11H2. The van der Waals surface area contributed by atoms with Crippen LogP contribution in [0.1, 0.15) is 37.4 Å². The predicted molar refractivity (Wildman–Crippen MR) is 75.0 cm³/mol. The second-order valence-electron chi connectivity index (χ2n) is 6.11. The molecule has 0 amide bonds. The lowest BCUT2D eigenvalue weighted by atomic mass is 9.92. The second kappa shape index (κ2) is 4.97. The van der Waals surface area contributed by atoms with Crippen LogP contribution < -0.4 is 4.90 Å². The summed E-state index contributed by atoms with van der Waals surface area (Å²) in [4.78, 5) is 11.5. The van der Waals surface area contributed by atoms with Gasteiger partial charge in [-0.15, -0.1) is 0 Å². The number of aromatic nitrogens is 2. The molecule has 3 aliphatic rings. The molecule has 1 aliphatic carbocycles. The second-order valence-corrected chi connectivity index (χ2v) is 6.11. The predicted octanol–water partition coefficient (Wildman–Crippen LogP) is 1.74. The van der Waals surface area contributed by atoms with E-state index in [2.05, 4.69) is 9.88 Å². The summed E-state index contributed by atoms with van der Waals surface area (Å²) in [7, 11) is 0. The fourth-order valence-corrected chi connectivity index (χ4v) is 3.16. The fourth-order valence-electron chi connectivity index (χ4n) is 3.16. The van der Waals surface area contributed by atoms with E-state index in [9.17, 15) is 0 Å². The third kappa shape index (κ3) is 2.40. The SMILES string of the molecule is c1cc(N2CCOC3(CCOCC3)C2)nc(C2CC2)n1. The summed E-state index contributed by atoms with van der Waals surface area (Å²) in [6, 6.07) is 2.03. The Morgan fingerprint density at radius 1 is 1.20 bits per heavy atom. The van der Waals surface area contributed by atoms with Gasteiger partial charge in [-0.2, -0.15) is 0 Å². The van der Waals surface area contributed by atoms with Crippen LogP contribution in [0.15, 0.2) is 12.3 Å². The molecule has 108 valence electrons. The van der Waals surface area contributed by atoms with Crippen LogP contribution in [0.5, 0.6) is 0 Å². The van der Waals surface area contributed by atoms with Gasteiger partial charge in [-0.1, -0.05) is 0 Å². The van der Waals surface area contributed by atoms with E-state index >= 15 is 0 Å². The average Bonchev–Trinajstić information content (AvgIpc) is 3.33. The third-order valence-corrected chi connectivity index (χ3v) is 4.58. The molecule has 3 fully saturated rings. The molecule has 4 rings (SSSR count). The van der Waals surface area contributed by atoms with Gasteiger partial charge in [-0.25, -0.2) is 9.97 Å². The van der Waals surface area contributed by atoms with Gasteiger partial charge in [0.15, 0.2) is 0 Å². The smallest absolute Gasteiger partial charge is 0.133 e. The number of nitrogens with zero attached hydrogens (tertiary/aromatic N) is 3. The maximum absolute atomic E-state index is 6.08. The van der Waals surface area contributed by atoms with Crippen molar-refractivity contribution in [2.24, 2.45) is 0 Å². The number of hydrogen-bond donors (Lipinski definition) is 0. The van der Waals surface area contributed by atoms with Crippen molar-refractivity contribution in [3.63, 3.8) is 0 Å². The van der Waals surface area contributed by atoms with Gasteiger partial charge in [0.25, 0.3) is 0 Å². The van der Waals surface area contributed by atoms with Crippen molar-refractivity contribution in [1.82, 2.24) is 9.97 Å². The van der Waals surface area contributed by atoms with Gasteiger partial charge in [0.2, 0.25) is 0 Å². The van der Waals surface area contributed by atoms with Crippen molar-refractivity contribution in [3.05, 3.63) is 18.1 Å². The Labute approximate surface area is 119 Å². The topological polar surface area (TPSA) is 47.5 Å². The van der Waals surface area contributed by atoms with Gasteiger partial charge < -0.3 is 14.4 Å². The molecule has 5 heteroatoms. The number of anilines is 1. The van der Waals surface area contributed by atoms with Gasteiger partial charge in [-0.3, -0.25) is 0 Å². The molecular weight excluding hydrogens is 254 g/mol. The summed E-state index contributed by atoms with van der Waals surface area (Å²) >= 11 is 0. The Morgan fingerprint density at radius 3 is 2.85 bits per heavy atom. The lowest BCUT2D eigenvalue weighted by Crippen LogP contribution is -2.54. The van der Waals surface area contributed by atoms with Crippen molar-refractivity contribution in [3.8, 4) is 0 Å². The molecule has 0 radical (unpaired) electrons. The highest BCUT2D eigenvalue weighted by Gasteiger charge is 2.39. The van der Waals surface area contributed by atoms with Crippen molar-refractivity contribution in [1.29, 1.82) is 0 Å². The van der Waals surface area contributed by atoms with E-state index in [1.54, 1.807) is 0 Å².